The van der Waals surface area contributed by atoms with Crippen molar-refractivity contribution < 1.29 is 13.2 Å². The molecule has 0 aliphatic heterocycles. The zero-order valence-electron chi connectivity index (χ0n) is 14.8. The van der Waals surface area contributed by atoms with Gasteiger partial charge in [-0.25, -0.2) is 4.98 Å². The number of hydrogen-bond acceptors (Lipinski definition) is 4. The Hall–Kier alpha value is -2.50. The molecule has 27 heavy (non-hydrogen) atoms. The molecule has 0 aliphatic rings. The Morgan fingerprint density at radius 2 is 1.96 bits per heavy atom. The molecule has 3 rings (SSSR count). The highest BCUT2D eigenvalue weighted by molar-refractivity contribution is 5.86. The Balaban J connectivity index is 0.00000261. The summed E-state index contributed by atoms with van der Waals surface area (Å²) in [7, 11) is 3.87. The number of rotatable bonds is 5. The van der Waals surface area contributed by atoms with Crippen molar-refractivity contribution in [2.75, 3.05) is 32.5 Å². The number of hydrogen-bond donors (Lipinski definition) is 1. The van der Waals surface area contributed by atoms with Gasteiger partial charge in [-0.1, -0.05) is 12.1 Å². The largest absolute Gasteiger partial charge is 0.417 e. The van der Waals surface area contributed by atoms with Crippen molar-refractivity contribution >= 4 is 34.9 Å². The number of nitrogens with zero attached hydrogens (tertiary/aromatic N) is 4. The van der Waals surface area contributed by atoms with Crippen LogP contribution in [0.3, 0.4) is 0 Å². The standard InChI is InChI=1S/C18H18F3N5.ClH/c1-25(2)9-5-8-23-16-10-13(18(19,20)21)12(11-22)17-24-14-6-3-4-7-15(14)26(16)17;/h3-4,6-7,10,23H,5,8-9H2,1-2H3;1H. The maximum absolute atomic E-state index is 13.5. The van der Waals surface area contributed by atoms with Gasteiger partial charge in [0.2, 0.25) is 0 Å². The van der Waals surface area contributed by atoms with Crippen molar-refractivity contribution in [1.29, 1.82) is 5.26 Å². The zero-order chi connectivity index (χ0) is 18.9. The molecule has 0 radical (unpaired) electrons. The van der Waals surface area contributed by atoms with E-state index in [-0.39, 0.29) is 23.9 Å². The van der Waals surface area contributed by atoms with Crippen LogP contribution in [0.2, 0.25) is 0 Å². The van der Waals surface area contributed by atoms with Gasteiger partial charge in [0, 0.05) is 6.54 Å². The summed E-state index contributed by atoms with van der Waals surface area (Å²) >= 11 is 0. The maximum atomic E-state index is 13.5. The van der Waals surface area contributed by atoms with Gasteiger partial charge in [-0.15, -0.1) is 12.4 Å². The van der Waals surface area contributed by atoms with Crippen LogP contribution in [0.4, 0.5) is 19.0 Å². The molecule has 144 valence electrons. The van der Waals surface area contributed by atoms with Gasteiger partial charge >= 0.3 is 6.18 Å². The summed E-state index contributed by atoms with van der Waals surface area (Å²) in [5.41, 5.74) is -0.230. The van der Waals surface area contributed by atoms with Gasteiger partial charge in [0.25, 0.3) is 0 Å². The molecule has 0 unspecified atom stereocenters. The first-order valence-corrected chi connectivity index (χ1v) is 8.13. The molecule has 0 amide bonds. The minimum Gasteiger partial charge on any atom is -0.371 e. The van der Waals surface area contributed by atoms with Gasteiger partial charge in [-0.2, -0.15) is 18.4 Å². The number of benzene rings is 1. The van der Waals surface area contributed by atoms with E-state index in [0.29, 0.717) is 17.6 Å². The van der Waals surface area contributed by atoms with Crippen LogP contribution in [0.1, 0.15) is 17.5 Å². The second kappa shape index (κ2) is 8.03. The van der Waals surface area contributed by atoms with Gasteiger partial charge in [-0.3, -0.25) is 4.40 Å². The average Bonchev–Trinajstić information content (AvgIpc) is 2.96. The van der Waals surface area contributed by atoms with Gasteiger partial charge in [0.15, 0.2) is 5.65 Å². The van der Waals surface area contributed by atoms with Crippen LogP contribution in [-0.4, -0.2) is 41.5 Å². The molecule has 0 atom stereocenters. The van der Waals surface area contributed by atoms with Crippen LogP contribution >= 0.6 is 12.4 Å². The summed E-state index contributed by atoms with van der Waals surface area (Å²) in [4.78, 5) is 6.27. The van der Waals surface area contributed by atoms with Crippen LogP contribution in [0.5, 0.6) is 0 Å². The Bertz CT molecular complexity index is 988. The van der Waals surface area contributed by atoms with Crippen LogP contribution in [0.15, 0.2) is 30.3 Å². The number of fused-ring (bicyclic) bond motifs is 3. The first-order chi connectivity index (χ1) is 12.3. The number of aromatic nitrogens is 2. The fourth-order valence-electron chi connectivity index (χ4n) is 2.91. The molecule has 0 aliphatic carbocycles. The fourth-order valence-corrected chi connectivity index (χ4v) is 2.91. The zero-order valence-corrected chi connectivity index (χ0v) is 15.7. The Labute approximate surface area is 160 Å². The average molecular weight is 398 g/mol. The highest BCUT2D eigenvalue weighted by Crippen LogP contribution is 2.36. The maximum Gasteiger partial charge on any atom is 0.417 e. The summed E-state index contributed by atoms with van der Waals surface area (Å²) in [6, 6.07) is 9.71. The van der Waals surface area contributed by atoms with Gasteiger partial charge in [-0.05, 0) is 45.3 Å². The number of nitriles is 1. The van der Waals surface area contributed by atoms with E-state index in [4.69, 9.17) is 0 Å². The van der Waals surface area contributed by atoms with Crippen molar-refractivity contribution in [2.24, 2.45) is 0 Å². The Morgan fingerprint density at radius 1 is 1.26 bits per heavy atom. The van der Waals surface area contributed by atoms with Crippen LogP contribution < -0.4 is 5.32 Å². The summed E-state index contributed by atoms with van der Waals surface area (Å²) in [5.74, 6) is 0.277. The normalized spacial score (nSPS) is 11.6. The summed E-state index contributed by atoms with van der Waals surface area (Å²) in [5, 5.41) is 12.4. The first kappa shape index (κ1) is 20.8. The molecular formula is C18H19ClF3N5. The number of imidazole rings is 1. The minimum absolute atomic E-state index is 0. The van der Waals surface area contributed by atoms with Gasteiger partial charge in [0.1, 0.15) is 17.5 Å². The lowest BCUT2D eigenvalue weighted by molar-refractivity contribution is -0.137. The smallest absolute Gasteiger partial charge is 0.371 e. The summed E-state index contributed by atoms with van der Waals surface area (Å²) < 4.78 is 42.0. The lowest BCUT2D eigenvalue weighted by Gasteiger charge is -2.16. The second-order valence-corrected chi connectivity index (χ2v) is 6.27. The van der Waals surface area contributed by atoms with Crippen molar-refractivity contribution in [2.45, 2.75) is 12.6 Å². The monoisotopic (exact) mass is 397 g/mol. The number of alkyl halides is 3. The van der Waals surface area contributed by atoms with E-state index in [2.05, 4.69) is 10.3 Å². The Kier molecular flexibility index (Phi) is 6.19. The molecule has 0 fully saturated rings. The molecule has 2 heterocycles. The van der Waals surface area contributed by atoms with Crippen molar-refractivity contribution in [3.63, 3.8) is 0 Å². The highest BCUT2D eigenvalue weighted by Gasteiger charge is 2.36. The van der Waals surface area contributed by atoms with Crippen LogP contribution in [-0.2, 0) is 6.18 Å². The third-order valence-corrected chi connectivity index (χ3v) is 4.08. The molecule has 0 bridgehead atoms. The topological polar surface area (TPSA) is 56.4 Å². The van der Waals surface area contributed by atoms with Gasteiger partial charge < -0.3 is 10.2 Å². The van der Waals surface area contributed by atoms with E-state index in [1.54, 1.807) is 34.7 Å². The molecular weight excluding hydrogens is 379 g/mol. The fraction of sp³-hybridized carbons (Fsp3) is 0.333. The predicted octanol–water partition coefficient (Wildman–Crippen LogP) is 4.16. The third kappa shape index (κ3) is 4.10. The van der Waals surface area contributed by atoms with Crippen LogP contribution in [0.25, 0.3) is 16.7 Å². The number of pyridine rings is 1. The number of nitrogens with one attached hydrogen (secondary N) is 1. The number of anilines is 1. The molecule has 0 saturated heterocycles. The predicted molar refractivity (Wildman–Crippen MR) is 101 cm³/mol. The minimum atomic E-state index is -4.63. The van der Waals surface area contributed by atoms with Crippen molar-refractivity contribution in [1.82, 2.24) is 14.3 Å². The molecule has 3 aromatic rings. The molecule has 0 spiro atoms. The molecule has 1 aromatic carbocycles. The molecule has 2 aromatic heterocycles. The van der Waals surface area contributed by atoms with E-state index in [9.17, 15) is 18.4 Å². The van der Waals surface area contributed by atoms with Crippen molar-refractivity contribution in [3.05, 3.63) is 41.5 Å². The molecule has 1 N–H and O–H groups in total. The number of para-hydroxylation sites is 2. The molecule has 0 saturated carbocycles. The quantitative estimate of drug-likeness (QED) is 0.657. The lowest BCUT2D eigenvalue weighted by Crippen LogP contribution is -2.18. The first-order valence-electron chi connectivity index (χ1n) is 8.13. The van der Waals surface area contributed by atoms with Crippen molar-refractivity contribution in [3.8, 4) is 6.07 Å². The molecule has 5 nitrogen and oxygen atoms in total. The van der Waals surface area contributed by atoms with E-state index < -0.39 is 17.3 Å². The highest BCUT2D eigenvalue weighted by atomic mass is 35.5. The lowest BCUT2D eigenvalue weighted by atomic mass is 10.1. The van der Waals surface area contributed by atoms with E-state index in [0.717, 1.165) is 19.0 Å². The Morgan fingerprint density at radius 3 is 2.59 bits per heavy atom. The number of halogens is 4. The molecule has 9 heteroatoms. The van der Waals surface area contributed by atoms with Gasteiger partial charge in [0.05, 0.1) is 16.6 Å². The van der Waals surface area contributed by atoms with E-state index >= 15 is 0 Å². The van der Waals surface area contributed by atoms with E-state index in [1.807, 2.05) is 19.0 Å². The van der Waals surface area contributed by atoms with E-state index in [1.165, 1.54) is 0 Å². The SMILES string of the molecule is CN(C)CCCNc1cc(C(F)(F)F)c(C#N)c2nc3ccccc3n12.Cl. The second-order valence-electron chi connectivity index (χ2n) is 6.27. The van der Waals surface area contributed by atoms with Crippen LogP contribution in [0, 0.1) is 11.3 Å². The summed E-state index contributed by atoms with van der Waals surface area (Å²) in [6.07, 6.45) is -3.87. The third-order valence-electron chi connectivity index (χ3n) is 4.08. The summed E-state index contributed by atoms with van der Waals surface area (Å²) in [6.45, 7) is 1.31.